The van der Waals surface area contributed by atoms with E-state index in [1.54, 1.807) is 0 Å². The van der Waals surface area contributed by atoms with E-state index >= 15 is 0 Å². The van der Waals surface area contributed by atoms with Crippen LogP contribution in [0, 0.1) is 11.7 Å². The van der Waals surface area contributed by atoms with Gasteiger partial charge in [0, 0.05) is 5.56 Å². The number of hydrogen-bond donors (Lipinski definition) is 2. The molecule has 0 aromatic heterocycles. The second-order valence-corrected chi connectivity index (χ2v) is 5.12. The second-order valence-electron chi connectivity index (χ2n) is 4.71. The quantitative estimate of drug-likeness (QED) is 0.841. The van der Waals surface area contributed by atoms with Crippen LogP contribution in [0.25, 0.3) is 0 Å². The van der Waals surface area contributed by atoms with Gasteiger partial charge in [0.1, 0.15) is 5.82 Å². The summed E-state index contributed by atoms with van der Waals surface area (Å²) in [6.45, 7) is 0. The van der Waals surface area contributed by atoms with Gasteiger partial charge < -0.3 is 10.8 Å². The van der Waals surface area contributed by atoms with E-state index in [-0.39, 0.29) is 5.92 Å². The summed E-state index contributed by atoms with van der Waals surface area (Å²) in [4.78, 5) is 0. The van der Waals surface area contributed by atoms with Gasteiger partial charge in [-0.25, -0.2) is 4.39 Å². The second kappa shape index (κ2) is 4.92. The fourth-order valence-corrected chi connectivity index (χ4v) is 2.16. The minimum atomic E-state index is -4.64. The minimum Gasteiger partial charge on any atom is -0.391 e. The molecule has 1 aromatic carbocycles. The number of halogens is 5. The molecule has 7 heteroatoms. The number of aliphatic hydroxyl groups excluding tert-OH is 1. The third-order valence-corrected chi connectivity index (χ3v) is 3.49. The van der Waals surface area contributed by atoms with Gasteiger partial charge in [-0.1, -0.05) is 11.6 Å². The minimum absolute atomic E-state index is 0.0808. The standard InChI is InChI=1S/C12H12ClF4NO/c13-8-4-6(12(15,16)17)3-7(9(8)14)10(18)11(19)5-1-2-5/h3-5,10-11,19H,1-2,18H2/t10-,11+/m1/s1. The SMILES string of the molecule is N[C@H](c1cc(C(F)(F)F)cc(Cl)c1F)[C@@H](O)C1CC1. The molecular formula is C12H12ClF4NO. The van der Waals surface area contributed by atoms with Crippen LogP contribution in [0.2, 0.25) is 5.02 Å². The molecule has 0 bridgehead atoms. The normalized spacial score (nSPS) is 19.3. The molecule has 106 valence electrons. The Bertz CT molecular complexity index is 487. The smallest absolute Gasteiger partial charge is 0.391 e. The molecule has 0 amide bonds. The Balaban J connectivity index is 2.40. The van der Waals surface area contributed by atoms with Crippen LogP contribution in [0.1, 0.15) is 30.0 Å². The lowest BCUT2D eigenvalue weighted by molar-refractivity contribution is -0.137. The highest BCUT2D eigenvalue weighted by Crippen LogP contribution is 2.40. The van der Waals surface area contributed by atoms with Gasteiger partial charge in [-0.2, -0.15) is 13.2 Å². The first kappa shape index (κ1) is 14.6. The number of alkyl halides is 3. The Kier molecular flexibility index (Phi) is 3.77. The average Bonchev–Trinajstić information content (AvgIpc) is 3.13. The van der Waals surface area contributed by atoms with E-state index in [1.807, 2.05) is 0 Å². The monoisotopic (exact) mass is 297 g/mol. The number of aliphatic hydroxyl groups is 1. The van der Waals surface area contributed by atoms with Crippen molar-refractivity contribution in [1.82, 2.24) is 0 Å². The van der Waals surface area contributed by atoms with Crippen LogP contribution in [-0.4, -0.2) is 11.2 Å². The first-order valence-electron chi connectivity index (χ1n) is 5.71. The summed E-state index contributed by atoms with van der Waals surface area (Å²) in [5, 5.41) is 9.15. The predicted octanol–water partition coefficient (Wildman–Crippen LogP) is 3.27. The Morgan fingerprint density at radius 1 is 1.32 bits per heavy atom. The van der Waals surface area contributed by atoms with Crippen molar-refractivity contribution in [2.45, 2.75) is 31.2 Å². The first-order valence-corrected chi connectivity index (χ1v) is 6.09. The van der Waals surface area contributed by atoms with E-state index in [4.69, 9.17) is 17.3 Å². The lowest BCUT2D eigenvalue weighted by Crippen LogP contribution is -2.29. The molecule has 1 aliphatic rings. The molecular weight excluding hydrogens is 286 g/mol. The molecule has 0 spiro atoms. The topological polar surface area (TPSA) is 46.2 Å². The van der Waals surface area contributed by atoms with Crippen LogP contribution < -0.4 is 5.73 Å². The molecule has 1 fully saturated rings. The maximum Gasteiger partial charge on any atom is 0.416 e. The van der Waals surface area contributed by atoms with Crippen LogP contribution >= 0.6 is 11.6 Å². The highest BCUT2D eigenvalue weighted by atomic mass is 35.5. The number of benzene rings is 1. The zero-order valence-corrected chi connectivity index (χ0v) is 10.5. The van der Waals surface area contributed by atoms with Gasteiger partial charge in [0.05, 0.1) is 22.7 Å². The number of nitrogens with two attached hydrogens (primary N) is 1. The van der Waals surface area contributed by atoms with Crippen molar-refractivity contribution in [3.8, 4) is 0 Å². The zero-order valence-electron chi connectivity index (χ0n) is 9.72. The van der Waals surface area contributed by atoms with E-state index in [0.717, 1.165) is 12.8 Å². The van der Waals surface area contributed by atoms with Gasteiger partial charge in [0.15, 0.2) is 0 Å². The Morgan fingerprint density at radius 3 is 2.37 bits per heavy atom. The molecule has 0 saturated heterocycles. The van der Waals surface area contributed by atoms with Crippen molar-refractivity contribution in [2.75, 3.05) is 0 Å². The summed E-state index contributed by atoms with van der Waals surface area (Å²) in [6.07, 6.45) is -4.23. The van der Waals surface area contributed by atoms with Gasteiger partial charge in [0.25, 0.3) is 0 Å². The molecule has 0 heterocycles. The van der Waals surface area contributed by atoms with E-state index in [1.165, 1.54) is 0 Å². The lowest BCUT2D eigenvalue weighted by atomic mass is 9.96. The van der Waals surface area contributed by atoms with Crippen LogP contribution in [0.3, 0.4) is 0 Å². The van der Waals surface area contributed by atoms with E-state index in [0.29, 0.717) is 12.1 Å². The van der Waals surface area contributed by atoms with Crippen molar-refractivity contribution in [3.63, 3.8) is 0 Å². The van der Waals surface area contributed by atoms with Crippen molar-refractivity contribution < 1.29 is 22.7 Å². The van der Waals surface area contributed by atoms with Crippen molar-refractivity contribution >= 4 is 11.6 Å². The average molecular weight is 298 g/mol. The van der Waals surface area contributed by atoms with Gasteiger partial charge >= 0.3 is 6.18 Å². The van der Waals surface area contributed by atoms with Crippen LogP contribution in [0.15, 0.2) is 12.1 Å². The first-order chi connectivity index (χ1) is 8.71. The Hall–Kier alpha value is -0.850. The fraction of sp³-hybridized carbons (Fsp3) is 0.500. The molecule has 2 rings (SSSR count). The summed E-state index contributed by atoms with van der Waals surface area (Å²) >= 11 is 5.46. The molecule has 0 radical (unpaired) electrons. The van der Waals surface area contributed by atoms with Crippen molar-refractivity contribution in [2.24, 2.45) is 11.7 Å². The summed E-state index contributed by atoms with van der Waals surface area (Å²) in [6, 6.07) is -0.0963. The molecule has 3 N–H and O–H groups in total. The molecule has 19 heavy (non-hydrogen) atoms. The lowest BCUT2D eigenvalue weighted by Gasteiger charge is -2.21. The van der Waals surface area contributed by atoms with E-state index in [9.17, 15) is 22.7 Å². The molecule has 2 nitrogen and oxygen atoms in total. The maximum atomic E-state index is 13.8. The van der Waals surface area contributed by atoms with Crippen LogP contribution in [0.4, 0.5) is 17.6 Å². The molecule has 0 unspecified atom stereocenters. The fourth-order valence-electron chi connectivity index (χ4n) is 1.93. The van der Waals surface area contributed by atoms with Gasteiger partial charge in [0.2, 0.25) is 0 Å². The van der Waals surface area contributed by atoms with Crippen molar-refractivity contribution in [1.29, 1.82) is 0 Å². The van der Waals surface area contributed by atoms with E-state index < -0.39 is 40.3 Å². The van der Waals surface area contributed by atoms with Crippen LogP contribution in [-0.2, 0) is 6.18 Å². The maximum absolute atomic E-state index is 13.8. The summed E-state index contributed by atoms with van der Waals surface area (Å²) < 4.78 is 51.7. The Morgan fingerprint density at radius 2 is 1.89 bits per heavy atom. The Labute approximate surface area is 112 Å². The highest BCUT2D eigenvalue weighted by Gasteiger charge is 2.38. The number of hydrogen-bond acceptors (Lipinski definition) is 2. The molecule has 0 aliphatic heterocycles. The predicted molar refractivity (Wildman–Crippen MR) is 62.1 cm³/mol. The summed E-state index contributed by atoms with van der Waals surface area (Å²) in [5.74, 6) is -1.09. The highest BCUT2D eigenvalue weighted by molar-refractivity contribution is 6.30. The summed E-state index contributed by atoms with van der Waals surface area (Å²) in [7, 11) is 0. The molecule has 1 aromatic rings. The zero-order chi connectivity index (χ0) is 14.4. The van der Waals surface area contributed by atoms with Gasteiger partial charge in [-0.3, -0.25) is 0 Å². The summed E-state index contributed by atoms with van der Waals surface area (Å²) in [5.41, 5.74) is 4.17. The third kappa shape index (κ3) is 3.01. The molecule has 2 atom stereocenters. The van der Waals surface area contributed by atoms with Gasteiger partial charge in [-0.15, -0.1) is 0 Å². The van der Waals surface area contributed by atoms with Gasteiger partial charge in [-0.05, 0) is 30.9 Å². The van der Waals surface area contributed by atoms with Crippen molar-refractivity contribution in [3.05, 3.63) is 34.1 Å². The molecule has 1 aliphatic carbocycles. The number of rotatable bonds is 3. The van der Waals surface area contributed by atoms with E-state index in [2.05, 4.69) is 0 Å². The van der Waals surface area contributed by atoms with Crippen LogP contribution in [0.5, 0.6) is 0 Å². The molecule has 1 saturated carbocycles. The third-order valence-electron chi connectivity index (χ3n) is 3.22. The largest absolute Gasteiger partial charge is 0.416 e.